The second-order valence-corrected chi connectivity index (χ2v) is 6.97. The molecular formula is C22H19Cl2NO3. The number of benzene rings is 2. The van der Waals surface area contributed by atoms with Gasteiger partial charge in [-0.25, -0.2) is 0 Å². The number of hydrogen-bond donors (Lipinski definition) is 1. The van der Waals surface area contributed by atoms with Crippen molar-refractivity contribution >= 4 is 35.1 Å². The highest BCUT2D eigenvalue weighted by atomic mass is 35.5. The minimum Gasteiger partial charge on any atom is -0.507 e. The van der Waals surface area contributed by atoms with E-state index in [-0.39, 0.29) is 17.1 Å². The summed E-state index contributed by atoms with van der Waals surface area (Å²) in [6, 6.07) is 12.0. The van der Waals surface area contributed by atoms with Gasteiger partial charge in [0.1, 0.15) is 11.5 Å². The van der Waals surface area contributed by atoms with E-state index in [0.29, 0.717) is 34.5 Å². The molecule has 1 heterocycles. The van der Waals surface area contributed by atoms with Crippen molar-refractivity contribution in [2.75, 3.05) is 6.61 Å². The first-order valence-electron chi connectivity index (χ1n) is 8.75. The van der Waals surface area contributed by atoms with Crippen molar-refractivity contribution in [2.24, 2.45) is 0 Å². The van der Waals surface area contributed by atoms with E-state index in [2.05, 4.69) is 0 Å². The van der Waals surface area contributed by atoms with E-state index in [1.165, 1.54) is 12.1 Å². The Morgan fingerprint density at radius 3 is 2.61 bits per heavy atom. The highest BCUT2D eigenvalue weighted by molar-refractivity contribution is 6.35. The van der Waals surface area contributed by atoms with Crippen LogP contribution in [0.5, 0.6) is 11.5 Å². The highest BCUT2D eigenvalue weighted by Gasteiger charge is 2.15. The molecule has 0 unspecified atom stereocenters. The molecule has 0 radical (unpaired) electrons. The predicted octanol–water partition coefficient (Wildman–Crippen LogP) is 5.84. The molecule has 0 atom stereocenters. The van der Waals surface area contributed by atoms with E-state index in [0.717, 1.165) is 5.56 Å². The van der Waals surface area contributed by atoms with Crippen molar-refractivity contribution in [3.8, 4) is 11.5 Å². The zero-order valence-electron chi connectivity index (χ0n) is 15.2. The van der Waals surface area contributed by atoms with Crippen LogP contribution in [-0.4, -0.2) is 22.1 Å². The third-order valence-corrected chi connectivity index (χ3v) is 4.70. The van der Waals surface area contributed by atoms with Crippen LogP contribution in [0.1, 0.15) is 28.4 Å². The fourth-order valence-corrected chi connectivity index (χ4v) is 3.26. The molecule has 28 heavy (non-hydrogen) atoms. The van der Waals surface area contributed by atoms with Crippen LogP contribution < -0.4 is 4.74 Å². The molecule has 0 aliphatic carbocycles. The molecule has 0 aliphatic rings. The van der Waals surface area contributed by atoms with Gasteiger partial charge in [-0.1, -0.05) is 29.3 Å². The lowest BCUT2D eigenvalue weighted by Gasteiger charge is -2.13. The smallest absolute Gasteiger partial charge is 0.189 e. The van der Waals surface area contributed by atoms with Crippen LogP contribution in [0, 0.1) is 0 Å². The molecule has 0 saturated carbocycles. The lowest BCUT2D eigenvalue weighted by atomic mass is 10.0. The van der Waals surface area contributed by atoms with Gasteiger partial charge < -0.3 is 14.4 Å². The van der Waals surface area contributed by atoms with Crippen molar-refractivity contribution < 1.29 is 14.6 Å². The van der Waals surface area contributed by atoms with Crippen molar-refractivity contribution in [1.29, 1.82) is 0 Å². The van der Waals surface area contributed by atoms with Gasteiger partial charge in [0.2, 0.25) is 0 Å². The Kier molecular flexibility index (Phi) is 6.45. The number of halogens is 2. The number of phenols is 1. The summed E-state index contributed by atoms with van der Waals surface area (Å²) in [6.07, 6.45) is 6.82. The summed E-state index contributed by atoms with van der Waals surface area (Å²) in [6.45, 7) is 2.85. The molecule has 0 saturated heterocycles. The quantitative estimate of drug-likeness (QED) is 0.389. The average Bonchev–Trinajstić information content (AvgIpc) is 3.16. The van der Waals surface area contributed by atoms with Crippen LogP contribution in [0.3, 0.4) is 0 Å². The Morgan fingerprint density at radius 1 is 1.18 bits per heavy atom. The van der Waals surface area contributed by atoms with Gasteiger partial charge in [-0.05, 0) is 55.0 Å². The summed E-state index contributed by atoms with van der Waals surface area (Å²) in [5, 5.41) is 11.3. The van der Waals surface area contributed by atoms with Gasteiger partial charge in [-0.3, -0.25) is 4.79 Å². The Morgan fingerprint density at radius 2 is 1.93 bits per heavy atom. The molecule has 0 bridgehead atoms. The summed E-state index contributed by atoms with van der Waals surface area (Å²) in [5.41, 5.74) is 1.67. The minimum absolute atomic E-state index is 0.128. The third kappa shape index (κ3) is 4.77. The van der Waals surface area contributed by atoms with Crippen molar-refractivity contribution in [1.82, 2.24) is 4.57 Å². The second kappa shape index (κ2) is 9.00. The van der Waals surface area contributed by atoms with Gasteiger partial charge in [0.05, 0.1) is 18.7 Å². The van der Waals surface area contributed by atoms with Gasteiger partial charge in [0, 0.05) is 34.1 Å². The molecule has 2 aromatic carbocycles. The van der Waals surface area contributed by atoms with Crippen LogP contribution in [0.4, 0.5) is 0 Å². The number of aromatic nitrogens is 1. The number of carbonyl (C=O) groups is 1. The minimum atomic E-state index is -0.333. The lowest BCUT2D eigenvalue weighted by Crippen LogP contribution is -2.05. The Labute approximate surface area is 173 Å². The number of rotatable bonds is 7. The summed E-state index contributed by atoms with van der Waals surface area (Å²) in [4.78, 5) is 12.7. The molecule has 3 aromatic rings. The first-order chi connectivity index (χ1) is 13.5. The predicted molar refractivity (Wildman–Crippen MR) is 113 cm³/mol. The van der Waals surface area contributed by atoms with Gasteiger partial charge in [0.25, 0.3) is 0 Å². The molecule has 1 N–H and O–H groups in total. The van der Waals surface area contributed by atoms with E-state index in [1.54, 1.807) is 30.3 Å². The Hall–Kier alpha value is -2.69. The average molecular weight is 416 g/mol. The molecule has 0 fully saturated rings. The second-order valence-electron chi connectivity index (χ2n) is 6.13. The number of aromatic hydroxyl groups is 1. The highest BCUT2D eigenvalue weighted by Crippen LogP contribution is 2.30. The van der Waals surface area contributed by atoms with Crippen LogP contribution >= 0.6 is 23.2 Å². The number of hydrogen-bond acceptors (Lipinski definition) is 3. The van der Waals surface area contributed by atoms with Gasteiger partial charge >= 0.3 is 0 Å². The molecule has 0 aliphatic heterocycles. The summed E-state index contributed by atoms with van der Waals surface area (Å²) >= 11 is 12.0. The summed E-state index contributed by atoms with van der Waals surface area (Å²) < 4.78 is 7.59. The van der Waals surface area contributed by atoms with Crippen molar-refractivity contribution in [3.05, 3.63) is 87.7 Å². The van der Waals surface area contributed by atoms with Gasteiger partial charge in [-0.2, -0.15) is 0 Å². The normalized spacial score (nSPS) is 11.1. The molecule has 6 heteroatoms. The Balaban J connectivity index is 1.91. The summed E-state index contributed by atoms with van der Waals surface area (Å²) in [7, 11) is 0. The van der Waals surface area contributed by atoms with Crippen molar-refractivity contribution in [2.45, 2.75) is 13.5 Å². The zero-order chi connectivity index (χ0) is 20.1. The first kappa shape index (κ1) is 20.1. The maximum atomic E-state index is 12.7. The SMILES string of the molecule is CCOc1cc(O)c(C(=O)/C=C/c2ccc(Cl)cc2Cl)cc1Cn1cccc1. The maximum absolute atomic E-state index is 12.7. The fourth-order valence-electron chi connectivity index (χ4n) is 2.79. The van der Waals surface area contributed by atoms with Crippen LogP contribution in [0.25, 0.3) is 6.08 Å². The Bertz CT molecular complexity index is 1010. The number of carbonyl (C=O) groups excluding carboxylic acids is 1. The van der Waals surface area contributed by atoms with Crippen LogP contribution in [0.15, 0.2) is 60.9 Å². The molecule has 144 valence electrons. The molecule has 4 nitrogen and oxygen atoms in total. The lowest BCUT2D eigenvalue weighted by molar-refractivity contribution is 0.104. The first-order valence-corrected chi connectivity index (χ1v) is 9.50. The largest absolute Gasteiger partial charge is 0.507 e. The molecule has 0 amide bonds. The molecule has 3 rings (SSSR count). The molecular weight excluding hydrogens is 397 g/mol. The van der Waals surface area contributed by atoms with Gasteiger partial charge in [0.15, 0.2) is 5.78 Å². The molecule has 0 spiro atoms. The van der Waals surface area contributed by atoms with Crippen LogP contribution in [-0.2, 0) is 6.54 Å². The van der Waals surface area contributed by atoms with E-state index in [4.69, 9.17) is 27.9 Å². The van der Waals surface area contributed by atoms with Crippen molar-refractivity contribution in [3.63, 3.8) is 0 Å². The summed E-state index contributed by atoms with van der Waals surface area (Å²) in [5.74, 6) is 0.0897. The standard InChI is InChI=1S/C22H19Cl2NO3/c1-2-28-22-13-21(27)18(11-16(22)14-25-9-3-4-10-25)20(26)8-6-15-5-7-17(23)12-19(15)24/h3-13,27H,2,14H2,1H3/b8-6+. The monoisotopic (exact) mass is 415 g/mol. The van der Waals surface area contributed by atoms with E-state index < -0.39 is 0 Å². The number of allylic oxidation sites excluding steroid dienone is 1. The number of phenolic OH excluding ortho intramolecular Hbond substituents is 1. The van der Waals surface area contributed by atoms with E-state index in [9.17, 15) is 9.90 Å². The fraction of sp³-hybridized carbons (Fsp3) is 0.136. The topological polar surface area (TPSA) is 51.5 Å². The zero-order valence-corrected chi connectivity index (χ0v) is 16.7. The third-order valence-electron chi connectivity index (χ3n) is 4.14. The maximum Gasteiger partial charge on any atom is 0.189 e. The molecule has 1 aromatic heterocycles. The van der Waals surface area contributed by atoms with Crippen LogP contribution in [0.2, 0.25) is 10.0 Å². The number of nitrogens with zero attached hydrogens (tertiary/aromatic N) is 1. The van der Waals surface area contributed by atoms with E-state index in [1.807, 2.05) is 36.0 Å². The van der Waals surface area contributed by atoms with Gasteiger partial charge in [-0.15, -0.1) is 0 Å². The number of ether oxygens (including phenoxy) is 1. The van der Waals surface area contributed by atoms with E-state index >= 15 is 0 Å². The number of ketones is 1.